The van der Waals surface area contributed by atoms with E-state index in [2.05, 4.69) is 31.8 Å². The molecule has 3 N–H and O–H groups in total. The second kappa shape index (κ2) is 8.51. The highest BCUT2D eigenvalue weighted by molar-refractivity contribution is 9.10. The van der Waals surface area contributed by atoms with Crippen molar-refractivity contribution in [2.24, 2.45) is 5.10 Å². The minimum Gasteiger partial charge on any atom is -0.503 e. The molecule has 0 aliphatic carbocycles. The number of methoxy groups -OCH3 is 2. The number of thiocarbonyl (C=S) groups is 1. The summed E-state index contributed by atoms with van der Waals surface area (Å²) in [5, 5.41) is 17.2. The highest BCUT2D eigenvalue weighted by Gasteiger charge is 2.07. The molecule has 2 rings (SSSR count). The van der Waals surface area contributed by atoms with Gasteiger partial charge in [0.15, 0.2) is 16.6 Å². The maximum atomic E-state index is 9.77. The van der Waals surface area contributed by atoms with E-state index < -0.39 is 0 Å². The zero-order valence-electron chi connectivity index (χ0n) is 13.0. The fourth-order valence-corrected chi connectivity index (χ4v) is 2.45. The lowest BCUT2D eigenvalue weighted by Crippen LogP contribution is -2.23. The number of phenolic OH excluding ortho intramolecular Hbond substituents is 1. The Hall–Kier alpha value is -2.32. The van der Waals surface area contributed by atoms with Crippen LogP contribution < -0.4 is 20.2 Å². The van der Waals surface area contributed by atoms with Gasteiger partial charge in [-0.15, -0.1) is 0 Å². The van der Waals surface area contributed by atoms with Gasteiger partial charge in [0.1, 0.15) is 5.75 Å². The summed E-state index contributed by atoms with van der Waals surface area (Å²) in [5.41, 5.74) is 4.27. The van der Waals surface area contributed by atoms with Gasteiger partial charge < -0.3 is 19.9 Å². The third-order valence-corrected chi connectivity index (χ3v) is 3.80. The number of hydrogen-bond acceptors (Lipinski definition) is 5. The van der Waals surface area contributed by atoms with Crippen LogP contribution in [0.15, 0.2) is 46.0 Å². The van der Waals surface area contributed by atoms with Crippen molar-refractivity contribution >= 4 is 45.2 Å². The summed E-state index contributed by atoms with van der Waals surface area (Å²) in [4.78, 5) is 0. The molecule has 0 aromatic heterocycles. The van der Waals surface area contributed by atoms with Gasteiger partial charge in [0, 0.05) is 5.69 Å². The Morgan fingerprint density at radius 3 is 2.54 bits per heavy atom. The fraction of sp³-hybridized carbons (Fsp3) is 0.125. The monoisotopic (exact) mass is 409 g/mol. The van der Waals surface area contributed by atoms with Gasteiger partial charge in [-0.25, -0.2) is 0 Å². The molecule has 0 radical (unpaired) electrons. The maximum Gasteiger partial charge on any atom is 0.191 e. The number of rotatable bonds is 5. The number of benzene rings is 2. The number of hydrogen-bond donors (Lipinski definition) is 3. The number of anilines is 1. The first-order valence-electron chi connectivity index (χ1n) is 6.84. The quantitative estimate of drug-likeness (QED) is 0.398. The van der Waals surface area contributed by atoms with Gasteiger partial charge in [0.2, 0.25) is 0 Å². The molecule has 0 unspecified atom stereocenters. The van der Waals surface area contributed by atoms with E-state index in [1.807, 2.05) is 24.3 Å². The van der Waals surface area contributed by atoms with Crippen LogP contribution in [0.2, 0.25) is 0 Å². The molecule has 0 saturated carbocycles. The molecule has 24 heavy (non-hydrogen) atoms. The normalized spacial score (nSPS) is 10.5. The van der Waals surface area contributed by atoms with Crippen LogP contribution in [0.25, 0.3) is 0 Å². The van der Waals surface area contributed by atoms with Gasteiger partial charge >= 0.3 is 0 Å². The molecule has 0 heterocycles. The Balaban J connectivity index is 1.95. The first-order valence-corrected chi connectivity index (χ1v) is 8.04. The van der Waals surface area contributed by atoms with E-state index in [0.717, 1.165) is 17.0 Å². The van der Waals surface area contributed by atoms with Crippen molar-refractivity contribution in [2.45, 2.75) is 0 Å². The molecule has 0 fully saturated rings. The highest BCUT2D eigenvalue weighted by atomic mass is 79.9. The van der Waals surface area contributed by atoms with Crippen LogP contribution in [-0.2, 0) is 0 Å². The van der Waals surface area contributed by atoms with Gasteiger partial charge in [0.25, 0.3) is 0 Å². The Kier molecular flexibility index (Phi) is 6.39. The molecule has 0 spiro atoms. The maximum absolute atomic E-state index is 9.77. The number of hydrazone groups is 1. The molecule has 6 nitrogen and oxygen atoms in total. The van der Waals surface area contributed by atoms with Crippen molar-refractivity contribution in [1.29, 1.82) is 0 Å². The predicted molar refractivity (Wildman–Crippen MR) is 102 cm³/mol. The lowest BCUT2D eigenvalue weighted by Gasteiger charge is -2.08. The van der Waals surface area contributed by atoms with Gasteiger partial charge in [-0.05, 0) is 70.1 Å². The summed E-state index contributed by atoms with van der Waals surface area (Å²) in [6.45, 7) is 0. The number of phenols is 1. The number of nitrogens with one attached hydrogen (secondary N) is 2. The van der Waals surface area contributed by atoms with E-state index in [9.17, 15) is 5.11 Å². The Morgan fingerprint density at radius 1 is 1.21 bits per heavy atom. The third kappa shape index (κ3) is 4.84. The molecule has 0 aliphatic heterocycles. The summed E-state index contributed by atoms with van der Waals surface area (Å²) in [5.74, 6) is 1.16. The minimum atomic E-state index is 0.0410. The van der Waals surface area contributed by atoms with E-state index >= 15 is 0 Å². The van der Waals surface area contributed by atoms with Crippen LogP contribution in [0, 0.1) is 0 Å². The molecule has 0 aliphatic rings. The molecule has 126 valence electrons. The van der Waals surface area contributed by atoms with Gasteiger partial charge in [0.05, 0.1) is 24.9 Å². The molecule has 2 aromatic rings. The molecular weight excluding hydrogens is 394 g/mol. The van der Waals surface area contributed by atoms with Crippen LogP contribution in [0.5, 0.6) is 17.2 Å². The minimum absolute atomic E-state index is 0.0410. The summed E-state index contributed by atoms with van der Waals surface area (Å²) in [7, 11) is 3.09. The SMILES string of the molecule is COc1ccc(NC(=S)N/N=C/c2cc(Br)c(O)c(OC)c2)cc1. The molecule has 0 amide bonds. The molecule has 0 bridgehead atoms. The van der Waals surface area contributed by atoms with Crippen LogP contribution in [0.4, 0.5) is 5.69 Å². The van der Waals surface area contributed by atoms with Crippen molar-refractivity contribution in [1.82, 2.24) is 5.43 Å². The molecule has 0 saturated heterocycles. The van der Waals surface area contributed by atoms with E-state index in [-0.39, 0.29) is 5.75 Å². The van der Waals surface area contributed by atoms with Gasteiger partial charge in [-0.2, -0.15) is 5.10 Å². The molecular formula is C16H16BrN3O3S. The van der Waals surface area contributed by atoms with E-state index in [1.165, 1.54) is 7.11 Å². The zero-order valence-corrected chi connectivity index (χ0v) is 15.4. The molecule has 8 heteroatoms. The average Bonchev–Trinajstić information content (AvgIpc) is 2.58. The lowest BCUT2D eigenvalue weighted by atomic mass is 10.2. The Bertz CT molecular complexity index is 751. The lowest BCUT2D eigenvalue weighted by molar-refractivity contribution is 0.372. The first-order chi connectivity index (χ1) is 11.5. The molecule has 2 aromatic carbocycles. The first kappa shape index (κ1) is 18.0. The van der Waals surface area contributed by atoms with Gasteiger partial charge in [-0.1, -0.05) is 0 Å². The number of aromatic hydroxyl groups is 1. The number of halogens is 1. The van der Waals surface area contributed by atoms with Gasteiger partial charge in [-0.3, -0.25) is 5.43 Å². The number of nitrogens with zero attached hydrogens (tertiary/aromatic N) is 1. The Labute approximate surface area is 153 Å². The van der Waals surface area contributed by atoms with Crippen LogP contribution >= 0.6 is 28.1 Å². The second-order valence-electron chi connectivity index (χ2n) is 4.61. The van der Waals surface area contributed by atoms with Crippen LogP contribution in [0.1, 0.15) is 5.56 Å². The predicted octanol–water partition coefficient (Wildman–Crippen LogP) is 3.49. The largest absolute Gasteiger partial charge is 0.503 e. The van der Waals surface area contributed by atoms with Crippen molar-refractivity contribution < 1.29 is 14.6 Å². The van der Waals surface area contributed by atoms with Crippen LogP contribution in [0.3, 0.4) is 0 Å². The highest BCUT2D eigenvalue weighted by Crippen LogP contribution is 2.34. The topological polar surface area (TPSA) is 75.1 Å². The summed E-state index contributed by atoms with van der Waals surface area (Å²) in [6, 6.07) is 10.7. The van der Waals surface area contributed by atoms with Crippen molar-refractivity contribution in [2.75, 3.05) is 19.5 Å². The summed E-state index contributed by atoms with van der Waals surface area (Å²) in [6.07, 6.45) is 1.56. The van der Waals surface area contributed by atoms with E-state index in [0.29, 0.717) is 15.3 Å². The van der Waals surface area contributed by atoms with E-state index in [4.69, 9.17) is 21.7 Å². The standard InChI is InChI=1S/C16H16BrN3O3S/c1-22-12-5-3-11(4-6-12)19-16(24)20-18-9-10-7-13(17)15(21)14(8-10)23-2/h3-9,21H,1-2H3,(H2,19,20,24)/b18-9+. The molecule has 0 atom stereocenters. The second-order valence-corrected chi connectivity index (χ2v) is 5.87. The smallest absolute Gasteiger partial charge is 0.191 e. The van der Waals surface area contributed by atoms with Crippen molar-refractivity contribution in [3.63, 3.8) is 0 Å². The Morgan fingerprint density at radius 2 is 1.92 bits per heavy atom. The van der Waals surface area contributed by atoms with Crippen molar-refractivity contribution in [3.8, 4) is 17.2 Å². The summed E-state index contributed by atoms with van der Waals surface area (Å²) >= 11 is 8.42. The third-order valence-electron chi connectivity index (χ3n) is 3.00. The van der Waals surface area contributed by atoms with E-state index in [1.54, 1.807) is 25.5 Å². The van der Waals surface area contributed by atoms with Crippen LogP contribution in [-0.4, -0.2) is 30.7 Å². The fourth-order valence-electron chi connectivity index (χ4n) is 1.82. The number of ether oxygens (including phenoxy) is 2. The zero-order chi connectivity index (χ0) is 17.5. The van der Waals surface area contributed by atoms with Crippen molar-refractivity contribution in [3.05, 3.63) is 46.4 Å². The average molecular weight is 410 g/mol. The summed E-state index contributed by atoms with van der Waals surface area (Å²) < 4.78 is 10.7.